The van der Waals surface area contributed by atoms with Crippen molar-refractivity contribution in [1.82, 2.24) is 29.8 Å². The number of hydrogen-bond acceptors (Lipinski definition) is 13. The number of nitrogens with one attached hydrogen (secondary N) is 3. The Balaban J connectivity index is 1.33. The molecular formula is C44H61N7O10S2. The Morgan fingerprint density at radius 2 is 1.89 bits per heavy atom. The van der Waals surface area contributed by atoms with Gasteiger partial charge in [-0.2, -0.15) is 0 Å². The lowest BCUT2D eigenvalue weighted by molar-refractivity contribution is -0.145. The van der Waals surface area contributed by atoms with Gasteiger partial charge >= 0.3 is 12.1 Å². The number of fused-ring (bicyclic) bond motifs is 3. The third-order valence-corrected chi connectivity index (χ3v) is 14.4. The summed E-state index contributed by atoms with van der Waals surface area (Å²) < 4.78 is 44.6. The fourth-order valence-electron chi connectivity index (χ4n) is 7.92. The number of aliphatic carboxylic acids is 1. The number of pyridine rings is 1. The summed E-state index contributed by atoms with van der Waals surface area (Å²) in [5.41, 5.74) is -0.471. The van der Waals surface area contributed by atoms with E-state index >= 15 is 0 Å². The number of carbonyl (C=O) groups is 4. The number of benzene rings is 1. The van der Waals surface area contributed by atoms with Crippen molar-refractivity contribution in [2.45, 2.75) is 122 Å². The third kappa shape index (κ3) is 11.2. The Labute approximate surface area is 373 Å². The maximum absolute atomic E-state index is 14.8. The maximum Gasteiger partial charge on any atom is 0.408 e. The van der Waals surface area contributed by atoms with E-state index in [0.29, 0.717) is 53.1 Å². The van der Waals surface area contributed by atoms with E-state index in [2.05, 4.69) is 16.0 Å². The monoisotopic (exact) mass is 911 g/mol. The number of thiazole rings is 1. The van der Waals surface area contributed by atoms with Gasteiger partial charge in [0, 0.05) is 53.7 Å². The van der Waals surface area contributed by atoms with E-state index in [-0.39, 0.29) is 44.1 Å². The van der Waals surface area contributed by atoms with Crippen LogP contribution in [-0.2, 0) is 29.1 Å². The van der Waals surface area contributed by atoms with E-state index in [0.717, 1.165) is 15.9 Å². The molecule has 4 heterocycles. The summed E-state index contributed by atoms with van der Waals surface area (Å²) in [4.78, 5) is 66.7. The molecule has 1 unspecified atom stereocenters. The Bertz CT molecular complexity index is 2310. The summed E-state index contributed by atoms with van der Waals surface area (Å²) in [7, 11) is -0.598. The molecule has 3 aromatic rings. The van der Waals surface area contributed by atoms with Gasteiger partial charge in [-0.3, -0.25) is 9.59 Å². The van der Waals surface area contributed by atoms with Gasteiger partial charge in [-0.1, -0.05) is 45.8 Å². The molecule has 1 saturated carbocycles. The molecule has 2 aromatic heterocycles. The van der Waals surface area contributed by atoms with Gasteiger partial charge in [0.15, 0.2) is 5.13 Å². The van der Waals surface area contributed by atoms with Gasteiger partial charge in [0.25, 0.3) is 0 Å². The molecular weight excluding hydrogens is 851 g/mol. The number of alkyl carbamates (subject to hydrolysis) is 1. The van der Waals surface area contributed by atoms with E-state index in [9.17, 15) is 32.7 Å². The summed E-state index contributed by atoms with van der Waals surface area (Å²) in [6.45, 7) is 10.9. The van der Waals surface area contributed by atoms with Crippen LogP contribution in [0.1, 0.15) is 86.5 Å². The first-order valence-corrected chi connectivity index (χ1v) is 24.0. The SMILES string of the molecule is CCS(=O)(=O)N(C)C[C@@H](OC(=O)N[C@H]1CCCCCC=CC2C[C@@]2(C(=O)O)NC(=O)[C@@H]2C[C@@H](Oc3cc(-c4csc(NC(C)C)n4)nc4cc(OC)ccc34)CN2C1=O)C(C)(C)C. The van der Waals surface area contributed by atoms with E-state index in [1.54, 1.807) is 25.3 Å². The van der Waals surface area contributed by atoms with Crippen LogP contribution in [0.3, 0.4) is 0 Å². The van der Waals surface area contributed by atoms with E-state index in [1.807, 2.05) is 58.2 Å². The van der Waals surface area contributed by atoms with Crippen molar-refractivity contribution in [3.63, 3.8) is 0 Å². The molecule has 3 aliphatic rings. The number of carbonyl (C=O) groups excluding carboxylic acids is 3. The first-order chi connectivity index (χ1) is 29.7. The van der Waals surface area contributed by atoms with Gasteiger partial charge in [0.1, 0.15) is 47.0 Å². The van der Waals surface area contributed by atoms with Crippen molar-refractivity contribution in [2.75, 3.05) is 38.3 Å². The van der Waals surface area contributed by atoms with Crippen molar-refractivity contribution in [3.05, 3.63) is 41.8 Å². The predicted octanol–water partition coefficient (Wildman–Crippen LogP) is 5.81. The fraction of sp³-hybridized carbons (Fsp3) is 0.591. The molecule has 3 amide bonds. The van der Waals surface area contributed by atoms with Crippen LogP contribution >= 0.6 is 11.3 Å². The fourth-order valence-corrected chi connectivity index (χ4v) is 9.58. The lowest BCUT2D eigenvalue weighted by Gasteiger charge is -2.34. The van der Waals surface area contributed by atoms with Crippen LogP contribution < -0.4 is 25.4 Å². The number of carboxylic acids is 1. The largest absolute Gasteiger partial charge is 0.497 e. The minimum Gasteiger partial charge on any atom is -0.497 e. The molecule has 0 spiro atoms. The molecule has 344 valence electrons. The number of ether oxygens (including phenoxy) is 3. The Kier molecular flexibility index (Phi) is 14.6. The molecule has 1 aliphatic carbocycles. The lowest BCUT2D eigenvalue weighted by Crippen LogP contribution is -2.56. The van der Waals surface area contributed by atoms with E-state index < -0.39 is 75.1 Å². The van der Waals surface area contributed by atoms with Crippen LogP contribution in [0.2, 0.25) is 0 Å². The minimum absolute atomic E-state index is 0.0176. The number of carboxylic acid groups (broad SMARTS) is 1. The van der Waals surface area contributed by atoms with Crippen LogP contribution in [-0.4, -0.2) is 125 Å². The standard InChI is InChI=1S/C44H61N7O10S2/c1-9-63(57,58)50(7)24-37(43(4,5)6)61-42(56)48-31-16-14-12-10-11-13-15-27-22-44(27,40(54)55)49-38(52)35-20-29(23-51(35)39(31)53)60-36-21-33(34-25-62-41(47-34)45-26(2)3)46-32-19-28(59-8)17-18-30(32)36/h13,15,17-19,21,25-27,29,31,35,37H,9-12,14,16,20,22-24H2,1-8H3,(H,45,47)(H,48,56)(H,49,52)(H,54,55)/t27?,29-,31+,35+,37-,44-/m1/s1. The number of allylic oxidation sites excluding steroid dienone is 1. The van der Waals surface area contributed by atoms with Gasteiger partial charge in [0.05, 0.1) is 37.2 Å². The molecule has 2 fully saturated rings. The second-order valence-electron chi connectivity index (χ2n) is 18.0. The zero-order valence-electron chi connectivity index (χ0n) is 37.3. The number of rotatable bonds is 13. The highest BCUT2D eigenvalue weighted by atomic mass is 32.2. The smallest absolute Gasteiger partial charge is 0.408 e. The molecule has 19 heteroatoms. The van der Waals surface area contributed by atoms with Crippen molar-refractivity contribution >= 4 is 61.3 Å². The van der Waals surface area contributed by atoms with Gasteiger partial charge in [-0.05, 0) is 58.6 Å². The Morgan fingerprint density at radius 1 is 1.13 bits per heavy atom. The quantitative estimate of drug-likeness (QED) is 0.149. The number of amides is 3. The van der Waals surface area contributed by atoms with Crippen molar-refractivity contribution < 1.29 is 46.9 Å². The number of hydrogen-bond donors (Lipinski definition) is 4. The molecule has 17 nitrogen and oxygen atoms in total. The summed E-state index contributed by atoms with van der Waals surface area (Å²) >= 11 is 1.44. The first kappa shape index (κ1) is 47.5. The molecule has 1 saturated heterocycles. The van der Waals surface area contributed by atoms with Gasteiger partial charge in [0.2, 0.25) is 21.8 Å². The highest BCUT2D eigenvalue weighted by Gasteiger charge is 2.61. The number of likely N-dealkylation sites (N-methyl/N-ethyl adjacent to an activating group) is 1. The Morgan fingerprint density at radius 3 is 2.57 bits per heavy atom. The van der Waals surface area contributed by atoms with Gasteiger partial charge in [-0.15, -0.1) is 11.3 Å². The van der Waals surface area contributed by atoms with Crippen molar-refractivity contribution in [2.24, 2.45) is 11.3 Å². The summed E-state index contributed by atoms with van der Waals surface area (Å²) in [6, 6.07) is 5.04. The van der Waals surface area contributed by atoms with Crippen LogP contribution in [0.15, 0.2) is 41.8 Å². The van der Waals surface area contributed by atoms with Gasteiger partial charge < -0.3 is 40.2 Å². The highest BCUT2D eigenvalue weighted by Crippen LogP contribution is 2.45. The van der Waals surface area contributed by atoms with Crippen LogP contribution in [0, 0.1) is 11.3 Å². The first-order valence-electron chi connectivity index (χ1n) is 21.6. The lowest BCUT2D eigenvalue weighted by atomic mass is 9.89. The molecule has 63 heavy (non-hydrogen) atoms. The zero-order chi connectivity index (χ0) is 45.9. The summed E-state index contributed by atoms with van der Waals surface area (Å²) in [6.07, 6.45) is 4.41. The average Bonchev–Trinajstić information content (AvgIpc) is 3.49. The van der Waals surface area contributed by atoms with Crippen molar-refractivity contribution in [1.29, 1.82) is 0 Å². The topological polar surface area (TPSA) is 219 Å². The second-order valence-corrected chi connectivity index (χ2v) is 21.2. The van der Waals surface area contributed by atoms with Crippen LogP contribution in [0.5, 0.6) is 11.5 Å². The highest BCUT2D eigenvalue weighted by molar-refractivity contribution is 7.89. The number of sulfonamides is 1. The van der Waals surface area contributed by atoms with Crippen LogP contribution in [0.4, 0.5) is 9.93 Å². The molecule has 6 atom stereocenters. The molecule has 4 N–H and O–H groups in total. The van der Waals surface area contributed by atoms with Crippen molar-refractivity contribution in [3.8, 4) is 22.9 Å². The molecule has 1 aromatic carbocycles. The predicted molar refractivity (Wildman–Crippen MR) is 240 cm³/mol. The number of anilines is 1. The van der Waals surface area contributed by atoms with Gasteiger partial charge in [-0.25, -0.2) is 32.3 Å². The number of methoxy groups -OCH3 is 1. The van der Waals surface area contributed by atoms with E-state index in [4.69, 9.17) is 24.2 Å². The van der Waals surface area contributed by atoms with Crippen LogP contribution in [0.25, 0.3) is 22.3 Å². The van der Waals surface area contributed by atoms with E-state index in [1.165, 1.54) is 30.2 Å². The zero-order valence-corrected chi connectivity index (χ0v) is 38.9. The second kappa shape index (κ2) is 19.4. The Hall–Kier alpha value is -5.01. The third-order valence-electron chi connectivity index (χ3n) is 11.8. The average molecular weight is 912 g/mol. The minimum atomic E-state index is -3.59. The number of nitrogens with zero attached hydrogens (tertiary/aromatic N) is 4. The molecule has 6 rings (SSSR count). The molecule has 2 aliphatic heterocycles. The number of aromatic nitrogens is 2. The molecule has 0 radical (unpaired) electrons. The summed E-state index contributed by atoms with van der Waals surface area (Å²) in [5.74, 6) is -1.88. The maximum atomic E-state index is 14.8. The summed E-state index contributed by atoms with van der Waals surface area (Å²) in [5, 5.41) is 22.5. The normalized spacial score (nSPS) is 23.9. The molecule has 0 bridgehead atoms.